The number of carbonyl (C=O) groups is 1. The zero-order valence-corrected chi connectivity index (χ0v) is 19.3. The van der Waals surface area contributed by atoms with E-state index in [1.807, 2.05) is 18.2 Å². The molecule has 1 aromatic carbocycles. The Morgan fingerprint density at radius 2 is 1.91 bits per heavy atom. The van der Waals surface area contributed by atoms with Crippen molar-refractivity contribution in [2.24, 2.45) is 11.7 Å². The highest BCUT2D eigenvalue weighted by Crippen LogP contribution is 2.31. The van der Waals surface area contributed by atoms with E-state index in [9.17, 15) is 23.4 Å². The molecule has 0 bridgehead atoms. The van der Waals surface area contributed by atoms with Crippen LogP contribution in [0.25, 0.3) is 11.3 Å². The second kappa shape index (κ2) is 9.53. The quantitative estimate of drug-likeness (QED) is 0.555. The molecule has 4 N–H and O–H groups in total. The highest BCUT2D eigenvalue weighted by Gasteiger charge is 2.27. The maximum atomic E-state index is 12.3. The summed E-state index contributed by atoms with van der Waals surface area (Å²) in [6, 6.07) is 10.7. The molecule has 174 valence electrons. The summed E-state index contributed by atoms with van der Waals surface area (Å²) in [5.74, 6) is -0.635. The Morgan fingerprint density at radius 1 is 1.19 bits per heavy atom. The van der Waals surface area contributed by atoms with Crippen molar-refractivity contribution in [3.63, 3.8) is 0 Å². The minimum Gasteiger partial charge on any atom is -0.384 e. The molecule has 0 fully saturated rings. The molecule has 10 heteroatoms. The van der Waals surface area contributed by atoms with Crippen LogP contribution in [-0.4, -0.2) is 65.8 Å². The fourth-order valence-electron chi connectivity index (χ4n) is 3.81. The Hall–Kier alpha value is -2.53. The van der Waals surface area contributed by atoms with Crippen LogP contribution in [0.15, 0.2) is 36.4 Å². The first-order valence-corrected chi connectivity index (χ1v) is 12.3. The van der Waals surface area contributed by atoms with Crippen LogP contribution in [-0.2, 0) is 21.4 Å². The summed E-state index contributed by atoms with van der Waals surface area (Å²) in [4.78, 5) is 17.8. The van der Waals surface area contributed by atoms with E-state index < -0.39 is 28.1 Å². The molecule has 0 unspecified atom stereocenters. The summed E-state index contributed by atoms with van der Waals surface area (Å²) < 4.78 is 26.0. The van der Waals surface area contributed by atoms with Gasteiger partial charge in [-0.2, -0.15) is 4.31 Å². The molecule has 0 saturated heterocycles. The lowest BCUT2D eigenvalue weighted by molar-refractivity contribution is -0.132. The molecule has 0 spiro atoms. The van der Waals surface area contributed by atoms with Crippen molar-refractivity contribution in [3.8, 4) is 11.3 Å². The van der Waals surface area contributed by atoms with E-state index in [-0.39, 0.29) is 12.2 Å². The van der Waals surface area contributed by atoms with E-state index in [2.05, 4.69) is 23.7 Å². The Labute approximate surface area is 188 Å². The zero-order chi connectivity index (χ0) is 23.6. The number of anilines is 1. The number of carbonyl (C=O) groups excluding carboxylic acids is 1. The third-order valence-electron chi connectivity index (χ3n) is 5.40. The number of benzene rings is 1. The lowest BCUT2D eigenvalue weighted by Gasteiger charge is -2.27. The number of hydrogen-bond donors (Lipinski definition) is 3. The van der Waals surface area contributed by atoms with Crippen LogP contribution in [0.5, 0.6) is 0 Å². The van der Waals surface area contributed by atoms with E-state index in [4.69, 9.17) is 5.73 Å². The number of nitrogens with zero attached hydrogens (tertiary/aromatic N) is 3. The van der Waals surface area contributed by atoms with Crippen LogP contribution < -0.4 is 10.6 Å². The largest absolute Gasteiger partial charge is 0.384 e. The van der Waals surface area contributed by atoms with Crippen LogP contribution in [0.2, 0.25) is 0 Å². The summed E-state index contributed by atoms with van der Waals surface area (Å²) >= 11 is 0. The molecule has 0 radical (unpaired) electrons. The maximum absolute atomic E-state index is 12.3. The first-order chi connectivity index (χ1) is 15.0. The van der Waals surface area contributed by atoms with E-state index in [1.54, 1.807) is 12.1 Å². The van der Waals surface area contributed by atoms with Crippen molar-refractivity contribution in [2.75, 3.05) is 30.8 Å². The number of primary amides is 1. The third kappa shape index (κ3) is 5.44. The number of amides is 1. The molecule has 1 amide bonds. The number of sulfonamides is 1. The predicted molar refractivity (Wildman–Crippen MR) is 122 cm³/mol. The molecule has 1 aliphatic rings. The Balaban J connectivity index is 2.01. The van der Waals surface area contributed by atoms with Crippen LogP contribution in [0, 0.1) is 5.92 Å². The minimum atomic E-state index is -3.37. The summed E-state index contributed by atoms with van der Waals surface area (Å²) in [5.41, 5.74) is 8.27. The molecule has 2 atom stereocenters. The SMILES string of the molecule is CC(C)CN1CCN(S(C)(=O)=O)Cc2cc(-c3cccc([C@H](O)[C@@H](O)C(N)=O)n3)ccc21. The fourth-order valence-corrected chi connectivity index (χ4v) is 4.60. The van der Waals surface area contributed by atoms with E-state index in [0.29, 0.717) is 24.7 Å². The summed E-state index contributed by atoms with van der Waals surface area (Å²) in [7, 11) is -3.37. The molecule has 1 aliphatic heterocycles. The van der Waals surface area contributed by atoms with Gasteiger partial charge in [-0.15, -0.1) is 0 Å². The highest BCUT2D eigenvalue weighted by molar-refractivity contribution is 7.88. The van der Waals surface area contributed by atoms with Crippen molar-refractivity contribution < 1.29 is 23.4 Å². The topological polar surface area (TPSA) is 137 Å². The monoisotopic (exact) mass is 462 g/mol. The smallest absolute Gasteiger partial charge is 0.249 e. The van der Waals surface area contributed by atoms with Gasteiger partial charge in [-0.05, 0) is 35.7 Å². The van der Waals surface area contributed by atoms with Crippen molar-refractivity contribution in [3.05, 3.63) is 47.7 Å². The van der Waals surface area contributed by atoms with Gasteiger partial charge in [0.25, 0.3) is 0 Å². The molecule has 2 heterocycles. The van der Waals surface area contributed by atoms with E-state index in [1.165, 1.54) is 16.6 Å². The fraction of sp³-hybridized carbons (Fsp3) is 0.455. The summed E-state index contributed by atoms with van der Waals surface area (Å²) in [5, 5.41) is 20.0. The standard InChI is InChI=1S/C22H30N4O5S/c1-14(2)12-25-9-10-26(32(3,30)31)13-16-11-15(7-8-19(16)25)17-5-4-6-18(24-17)20(27)21(28)22(23)29/h4-8,11,14,20-21,27-28H,9-10,12-13H2,1-3H3,(H2,23,29)/t20-,21+/m0/s1. The molecule has 9 nitrogen and oxygen atoms in total. The van der Waals surface area contributed by atoms with Gasteiger partial charge in [0.1, 0.15) is 6.10 Å². The van der Waals surface area contributed by atoms with Gasteiger partial charge in [0.15, 0.2) is 6.10 Å². The first-order valence-electron chi connectivity index (χ1n) is 10.4. The number of aromatic nitrogens is 1. The zero-order valence-electron chi connectivity index (χ0n) is 18.5. The third-order valence-corrected chi connectivity index (χ3v) is 6.65. The van der Waals surface area contributed by atoms with Crippen molar-refractivity contribution in [1.82, 2.24) is 9.29 Å². The van der Waals surface area contributed by atoms with Crippen LogP contribution in [0.4, 0.5) is 5.69 Å². The van der Waals surface area contributed by atoms with E-state index in [0.717, 1.165) is 23.4 Å². The summed E-state index contributed by atoms with van der Waals surface area (Å²) in [6.07, 6.45) is -2.10. The molecule has 3 rings (SSSR count). The number of rotatable bonds is 7. The van der Waals surface area contributed by atoms with Crippen molar-refractivity contribution in [2.45, 2.75) is 32.6 Å². The van der Waals surface area contributed by atoms with Crippen LogP contribution >= 0.6 is 0 Å². The molecular weight excluding hydrogens is 432 g/mol. The van der Waals surface area contributed by atoms with Gasteiger partial charge in [0.05, 0.1) is 17.6 Å². The lowest BCUT2D eigenvalue weighted by atomic mass is 10.0. The Bertz CT molecular complexity index is 1090. The van der Waals surface area contributed by atoms with Gasteiger partial charge in [0.2, 0.25) is 15.9 Å². The minimum absolute atomic E-state index is 0.114. The van der Waals surface area contributed by atoms with Crippen LogP contribution in [0.1, 0.15) is 31.2 Å². The molecule has 1 aromatic heterocycles. The highest BCUT2D eigenvalue weighted by atomic mass is 32.2. The van der Waals surface area contributed by atoms with Gasteiger partial charge in [-0.1, -0.05) is 26.0 Å². The van der Waals surface area contributed by atoms with Crippen molar-refractivity contribution >= 4 is 21.6 Å². The van der Waals surface area contributed by atoms with E-state index >= 15 is 0 Å². The Kier molecular flexibility index (Phi) is 7.19. The number of pyridine rings is 1. The number of aliphatic hydroxyl groups is 2. The van der Waals surface area contributed by atoms with Gasteiger partial charge in [-0.3, -0.25) is 4.79 Å². The molecular formula is C22H30N4O5S. The molecule has 0 saturated carbocycles. The maximum Gasteiger partial charge on any atom is 0.249 e. The van der Waals surface area contributed by atoms with Gasteiger partial charge >= 0.3 is 0 Å². The van der Waals surface area contributed by atoms with Crippen molar-refractivity contribution in [1.29, 1.82) is 0 Å². The lowest BCUT2D eigenvalue weighted by Crippen LogP contribution is -2.36. The van der Waals surface area contributed by atoms with Gasteiger partial charge in [-0.25, -0.2) is 13.4 Å². The second-order valence-corrected chi connectivity index (χ2v) is 10.5. The predicted octanol–water partition coefficient (Wildman–Crippen LogP) is 0.866. The molecule has 2 aromatic rings. The number of fused-ring (bicyclic) bond motifs is 1. The number of hydrogen-bond acceptors (Lipinski definition) is 7. The number of nitrogens with two attached hydrogens (primary N) is 1. The first kappa shape index (κ1) is 24.1. The normalized spacial score (nSPS) is 17.0. The molecule has 32 heavy (non-hydrogen) atoms. The average molecular weight is 463 g/mol. The van der Waals surface area contributed by atoms with Crippen LogP contribution in [0.3, 0.4) is 0 Å². The Morgan fingerprint density at radius 3 is 2.53 bits per heavy atom. The van der Waals surface area contributed by atoms with Gasteiger partial charge < -0.3 is 20.8 Å². The average Bonchev–Trinajstić information content (AvgIpc) is 2.91. The summed E-state index contributed by atoms with van der Waals surface area (Å²) in [6.45, 7) is 6.29. The van der Waals surface area contributed by atoms with Gasteiger partial charge in [0, 0.05) is 37.4 Å². The number of aliphatic hydroxyl groups excluding tert-OH is 2. The second-order valence-electron chi connectivity index (χ2n) is 8.52. The molecule has 0 aliphatic carbocycles.